The average Bonchev–Trinajstić information content (AvgIpc) is 2.84. The van der Waals surface area contributed by atoms with Crippen molar-refractivity contribution >= 4 is 5.65 Å². The first-order chi connectivity index (χ1) is 9.28. The first-order valence-corrected chi connectivity index (χ1v) is 5.92. The van der Waals surface area contributed by atoms with Crippen LogP contribution in [0, 0.1) is 0 Å². The molecule has 1 N–H and O–H groups in total. The van der Waals surface area contributed by atoms with Gasteiger partial charge in [0.2, 0.25) is 5.65 Å². The maximum Gasteiger partial charge on any atom is 0.203 e. The molecule has 0 saturated heterocycles. The standard InChI is InChI=1S/C14H13N3O2/c1-19-12-3-2-8-17-13(15-16-14(12)17)9-10-4-6-11(18)7-5-10/h2-8,18H,9H2,1H3. The Kier molecular flexibility index (Phi) is 2.79. The molecule has 0 aliphatic heterocycles. The number of phenolic OH excluding ortho intramolecular Hbond substituents is 1. The van der Waals surface area contributed by atoms with E-state index in [0.717, 1.165) is 11.4 Å². The van der Waals surface area contributed by atoms with Crippen LogP contribution in [0.15, 0.2) is 42.6 Å². The fraction of sp³-hybridized carbons (Fsp3) is 0.143. The van der Waals surface area contributed by atoms with E-state index in [1.54, 1.807) is 19.2 Å². The summed E-state index contributed by atoms with van der Waals surface area (Å²) in [4.78, 5) is 0. The van der Waals surface area contributed by atoms with Gasteiger partial charge in [0.05, 0.1) is 7.11 Å². The molecule has 5 heteroatoms. The van der Waals surface area contributed by atoms with Crippen LogP contribution < -0.4 is 4.74 Å². The van der Waals surface area contributed by atoms with E-state index in [1.807, 2.05) is 34.9 Å². The number of hydrogen-bond donors (Lipinski definition) is 1. The van der Waals surface area contributed by atoms with E-state index < -0.39 is 0 Å². The number of aromatic nitrogens is 3. The normalized spacial score (nSPS) is 10.8. The smallest absolute Gasteiger partial charge is 0.203 e. The van der Waals surface area contributed by atoms with Gasteiger partial charge in [0.15, 0.2) is 5.75 Å². The summed E-state index contributed by atoms with van der Waals surface area (Å²) in [6.45, 7) is 0. The summed E-state index contributed by atoms with van der Waals surface area (Å²) in [5, 5.41) is 17.6. The molecule has 0 fully saturated rings. The molecule has 0 aliphatic rings. The topological polar surface area (TPSA) is 59.7 Å². The molecule has 0 atom stereocenters. The summed E-state index contributed by atoms with van der Waals surface area (Å²) in [7, 11) is 1.61. The molecule has 3 rings (SSSR count). The molecule has 2 heterocycles. The highest BCUT2D eigenvalue weighted by molar-refractivity contribution is 5.53. The van der Waals surface area contributed by atoms with E-state index in [9.17, 15) is 5.11 Å². The van der Waals surface area contributed by atoms with Crippen LogP contribution in [-0.4, -0.2) is 26.8 Å². The number of benzene rings is 1. The third-order valence-corrected chi connectivity index (χ3v) is 2.99. The first-order valence-electron chi connectivity index (χ1n) is 5.92. The van der Waals surface area contributed by atoms with Gasteiger partial charge in [0.1, 0.15) is 11.6 Å². The SMILES string of the molecule is COc1cccn2c(Cc3ccc(O)cc3)nnc12. The molecular formula is C14H13N3O2. The zero-order valence-corrected chi connectivity index (χ0v) is 10.4. The highest BCUT2D eigenvalue weighted by atomic mass is 16.5. The number of hydrogen-bond acceptors (Lipinski definition) is 4. The second kappa shape index (κ2) is 4.61. The Hall–Kier alpha value is -2.56. The lowest BCUT2D eigenvalue weighted by molar-refractivity contribution is 0.416. The summed E-state index contributed by atoms with van der Waals surface area (Å²) in [5.74, 6) is 1.79. The Labute approximate surface area is 110 Å². The molecule has 0 radical (unpaired) electrons. The van der Waals surface area contributed by atoms with Crippen molar-refractivity contribution in [2.75, 3.05) is 7.11 Å². The van der Waals surface area contributed by atoms with Gasteiger partial charge < -0.3 is 9.84 Å². The van der Waals surface area contributed by atoms with Crippen molar-refractivity contribution in [1.29, 1.82) is 0 Å². The Bertz CT molecular complexity index is 704. The lowest BCUT2D eigenvalue weighted by atomic mass is 10.1. The Morgan fingerprint density at radius 1 is 1.16 bits per heavy atom. The largest absolute Gasteiger partial charge is 0.508 e. The number of pyridine rings is 1. The Morgan fingerprint density at radius 2 is 1.95 bits per heavy atom. The van der Waals surface area contributed by atoms with Gasteiger partial charge in [0, 0.05) is 12.6 Å². The fourth-order valence-corrected chi connectivity index (χ4v) is 2.02. The molecule has 96 valence electrons. The summed E-state index contributed by atoms with van der Waals surface area (Å²) >= 11 is 0. The van der Waals surface area contributed by atoms with Crippen molar-refractivity contribution in [2.45, 2.75) is 6.42 Å². The summed E-state index contributed by atoms with van der Waals surface area (Å²) < 4.78 is 7.16. The summed E-state index contributed by atoms with van der Waals surface area (Å²) in [6, 6.07) is 10.8. The maximum absolute atomic E-state index is 9.27. The number of phenols is 1. The average molecular weight is 255 g/mol. The molecule has 0 bridgehead atoms. The van der Waals surface area contributed by atoms with Gasteiger partial charge in [0.25, 0.3) is 0 Å². The van der Waals surface area contributed by atoms with Crippen molar-refractivity contribution in [3.8, 4) is 11.5 Å². The second-order valence-corrected chi connectivity index (χ2v) is 4.23. The molecule has 0 saturated carbocycles. The lowest BCUT2D eigenvalue weighted by Crippen LogP contribution is -1.97. The molecule has 0 unspecified atom stereocenters. The second-order valence-electron chi connectivity index (χ2n) is 4.23. The zero-order chi connectivity index (χ0) is 13.2. The molecule has 3 aromatic rings. The van der Waals surface area contributed by atoms with E-state index in [-0.39, 0.29) is 5.75 Å². The number of ether oxygens (including phenoxy) is 1. The van der Waals surface area contributed by atoms with Crippen LogP contribution in [0.5, 0.6) is 11.5 Å². The van der Waals surface area contributed by atoms with E-state index >= 15 is 0 Å². The molecular weight excluding hydrogens is 242 g/mol. The van der Waals surface area contributed by atoms with Crippen LogP contribution in [-0.2, 0) is 6.42 Å². The van der Waals surface area contributed by atoms with E-state index in [4.69, 9.17) is 4.74 Å². The van der Waals surface area contributed by atoms with Crippen molar-refractivity contribution in [3.05, 3.63) is 54.0 Å². The number of fused-ring (bicyclic) bond motifs is 1. The molecule has 0 spiro atoms. The molecule has 0 amide bonds. The lowest BCUT2D eigenvalue weighted by Gasteiger charge is -2.03. The van der Waals surface area contributed by atoms with Crippen LogP contribution >= 0.6 is 0 Å². The van der Waals surface area contributed by atoms with Gasteiger partial charge in [-0.2, -0.15) is 0 Å². The number of methoxy groups -OCH3 is 1. The third kappa shape index (κ3) is 2.10. The van der Waals surface area contributed by atoms with Crippen LogP contribution in [0.25, 0.3) is 5.65 Å². The van der Waals surface area contributed by atoms with Gasteiger partial charge >= 0.3 is 0 Å². The predicted molar refractivity (Wildman–Crippen MR) is 70.5 cm³/mol. The van der Waals surface area contributed by atoms with Crippen molar-refractivity contribution in [2.24, 2.45) is 0 Å². The van der Waals surface area contributed by atoms with Crippen LogP contribution in [0.4, 0.5) is 0 Å². The van der Waals surface area contributed by atoms with Gasteiger partial charge in [-0.1, -0.05) is 12.1 Å². The minimum atomic E-state index is 0.261. The number of nitrogens with zero attached hydrogens (tertiary/aromatic N) is 3. The van der Waals surface area contributed by atoms with Crippen LogP contribution in [0.3, 0.4) is 0 Å². The first kappa shape index (κ1) is 11.5. The van der Waals surface area contributed by atoms with Crippen molar-refractivity contribution in [3.63, 3.8) is 0 Å². The maximum atomic E-state index is 9.27. The monoisotopic (exact) mass is 255 g/mol. The van der Waals surface area contributed by atoms with Gasteiger partial charge in [-0.15, -0.1) is 10.2 Å². The van der Waals surface area contributed by atoms with Gasteiger partial charge in [-0.25, -0.2) is 0 Å². The number of aromatic hydroxyl groups is 1. The molecule has 0 aliphatic carbocycles. The Morgan fingerprint density at radius 3 is 2.68 bits per heavy atom. The third-order valence-electron chi connectivity index (χ3n) is 2.99. The number of rotatable bonds is 3. The highest BCUT2D eigenvalue weighted by Crippen LogP contribution is 2.19. The van der Waals surface area contributed by atoms with E-state index in [2.05, 4.69) is 10.2 Å². The predicted octanol–water partition coefficient (Wildman–Crippen LogP) is 2.03. The van der Waals surface area contributed by atoms with Crippen LogP contribution in [0.2, 0.25) is 0 Å². The summed E-state index contributed by atoms with van der Waals surface area (Å²) in [5.41, 5.74) is 1.77. The molecule has 2 aromatic heterocycles. The quantitative estimate of drug-likeness (QED) is 0.778. The molecule has 19 heavy (non-hydrogen) atoms. The molecule has 5 nitrogen and oxygen atoms in total. The van der Waals surface area contributed by atoms with E-state index in [0.29, 0.717) is 17.8 Å². The minimum absolute atomic E-state index is 0.261. The molecule has 1 aromatic carbocycles. The van der Waals surface area contributed by atoms with Crippen molar-refractivity contribution < 1.29 is 9.84 Å². The fourth-order valence-electron chi connectivity index (χ4n) is 2.02. The van der Waals surface area contributed by atoms with Gasteiger partial charge in [-0.05, 0) is 29.8 Å². The Balaban J connectivity index is 1.99. The van der Waals surface area contributed by atoms with Gasteiger partial charge in [-0.3, -0.25) is 4.40 Å². The van der Waals surface area contributed by atoms with E-state index in [1.165, 1.54) is 0 Å². The zero-order valence-electron chi connectivity index (χ0n) is 10.4. The van der Waals surface area contributed by atoms with Crippen molar-refractivity contribution in [1.82, 2.24) is 14.6 Å². The summed E-state index contributed by atoms with van der Waals surface area (Å²) in [6.07, 6.45) is 2.56. The highest BCUT2D eigenvalue weighted by Gasteiger charge is 2.09. The minimum Gasteiger partial charge on any atom is -0.508 e. The van der Waals surface area contributed by atoms with Crippen LogP contribution in [0.1, 0.15) is 11.4 Å².